The molecule has 144 valence electrons. The molecule has 1 aromatic carbocycles. The van der Waals surface area contributed by atoms with Crippen molar-refractivity contribution in [2.24, 2.45) is 0 Å². The summed E-state index contributed by atoms with van der Waals surface area (Å²) in [5.41, 5.74) is -0.0113. The molecule has 0 atom stereocenters. The zero-order chi connectivity index (χ0) is 19.1. The maximum absolute atomic E-state index is 11.9. The summed E-state index contributed by atoms with van der Waals surface area (Å²) in [6.45, 7) is 1.86. The number of fused-ring (bicyclic) bond motifs is 1. The first-order valence-corrected chi connectivity index (χ1v) is 9.33. The highest BCUT2D eigenvalue weighted by atomic mass is 16.5. The molecule has 0 saturated carbocycles. The van der Waals surface area contributed by atoms with Crippen molar-refractivity contribution in [3.63, 3.8) is 0 Å². The summed E-state index contributed by atoms with van der Waals surface area (Å²) >= 11 is 0. The zero-order valence-corrected chi connectivity index (χ0v) is 15.2. The second-order valence-corrected chi connectivity index (χ2v) is 6.64. The third-order valence-corrected chi connectivity index (χ3v) is 4.56. The van der Waals surface area contributed by atoms with Gasteiger partial charge in [0.1, 0.15) is 11.3 Å². The molecule has 0 spiro atoms. The topological polar surface area (TPSA) is 88.8 Å². The van der Waals surface area contributed by atoms with Crippen LogP contribution in [0.2, 0.25) is 0 Å². The van der Waals surface area contributed by atoms with Crippen LogP contribution in [0.25, 0.3) is 11.0 Å². The SMILES string of the molecule is O=C(COc1ccc2ccc(=O)oc2c1)NCCCN1CCCCCC1=O. The van der Waals surface area contributed by atoms with Crippen molar-refractivity contribution >= 4 is 22.8 Å². The molecule has 2 heterocycles. The van der Waals surface area contributed by atoms with Crippen LogP contribution < -0.4 is 15.7 Å². The Kier molecular flexibility index (Phi) is 6.46. The Morgan fingerprint density at radius 2 is 2.00 bits per heavy atom. The fraction of sp³-hybridized carbons (Fsp3) is 0.450. The molecule has 3 rings (SSSR count). The Morgan fingerprint density at radius 1 is 1.15 bits per heavy atom. The molecule has 1 saturated heterocycles. The molecule has 0 bridgehead atoms. The number of hydrogen-bond donors (Lipinski definition) is 1. The number of amides is 2. The highest BCUT2D eigenvalue weighted by Gasteiger charge is 2.15. The molecular weight excluding hydrogens is 348 g/mol. The van der Waals surface area contributed by atoms with Crippen LogP contribution in [0.15, 0.2) is 39.5 Å². The highest BCUT2D eigenvalue weighted by Crippen LogP contribution is 2.19. The lowest BCUT2D eigenvalue weighted by Crippen LogP contribution is -2.35. The molecule has 2 amide bonds. The number of nitrogens with one attached hydrogen (secondary N) is 1. The van der Waals surface area contributed by atoms with Crippen LogP contribution >= 0.6 is 0 Å². The number of carbonyl (C=O) groups is 2. The molecule has 1 N–H and O–H groups in total. The second-order valence-electron chi connectivity index (χ2n) is 6.64. The monoisotopic (exact) mass is 372 g/mol. The van der Waals surface area contributed by atoms with Crippen molar-refractivity contribution < 1.29 is 18.7 Å². The molecule has 7 nitrogen and oxygen atoms in total. The number of hydrogen-bond acceptors (Lipinski definition) is 5. The number of benzene rings is 1. The molecule has 0 unspecified atom stereocenters. The van der Waals surface area contributed by atoms with Crippen molar-refractivity contribution in [1.82, 2.24) is 10.2 Å². The van der Waals surface area contributed by atoms with E-state index < -0.39 is 5.63 Å². The van der Waals surface area contributed by atoms with Crippen molar-refractivity contribution in [2.75, 3.05) is 26.2 Å². The Bertz CT molecular complexity index is 861. The first-order valence-electron chi connectivity index (χ1n) is 9.33. The summed E-state index contributed by atoms with van der Waals surface area (Å²) in [6.07, 6.45) is 4.48. The van der Waals surface area contributed by atoms with E-state index in [1.54, 1.807) is 24.3 Å². The van der Waals surface area contributed by atoms with Gasteiger partial charge in [0.05, 0.1) is 0 Å². The van der Waals surface area contributed by atoms with E-state index in [1.165, 1.54) is 6.07 Å². The molecule has 1 aliphatic rings. The summed E-state index contributed by atoms with van der Waals surface area (Å²) in [5, 5.41) is 3.58. The maximum atomic E-state index is 11.9. The summed E-state index contributed by atoms with van der Waals surface area (Å²) in [4.78, 5) is 37.0. The fourth-order valence-electron chi connectivity index (χ4n) is 3.10. The number of rotatable bonds is 7. The minimum absolute atomic E-state index is 0.120. The van der Waals surface area contributed by atoms with E-state index in [0.29, 0.717) is 30.8 Å². The first-order chi connectivity index (χ1) is 13.1. The molecular formula is C20H24N2O5. The van der Waals surface area contributed by atoms with Crippen molar-refractivity contribution in [3.05, 3.63) is 40.8 Å². The van der Waals surface area contributed by atoms with Crippen molar-refractivity contribution in [1.29, 1.82) is 0 Å². The molecule has 1 aromatic heterocycles. The number of ether oxygens (including phenoxy) is 1. The van der Waals surface area contributed by atoms with Gasteiger partial charge in [-0.05, 0) is 37.5 Å². The minimum Gasteiger partial charge on any atom is -0.484 e. The van der Waals surface area contributed by atoms with Gasteiger partial charge in [-0.1, -0.05) is 6.42 Å². The van der Waals surface area contributed by atoms with Crippen LogP contribution in [0.4, 0.5) is 0 Å². The van der Waals surface area contributed by atoms with Gasteiger partial charge in [0.15, 0.2) is 6.61 Å². The van der Waals surface area contributed by atoms with Gasteiger partial charge in [0.25, 0.3) is 5.91 Å². The molecule has 27 heavy (non-hydrogen) atoms. The first kappa shape index (κ1) is 18.9. The van der Waals surface area contributed by atoms with Crippen LogP contribution in [0, 0.1) is 0 Å². The quantitative estimate of drug-likeness (QED) is 0.594. The van der Waals surface area contributed by atoms with Crippen molar-refractivity contribution in [3.8, 4) is 5.75 Å². The molecule has 2 aromatic rings. The van der Waals surface area contributed by atoms with Crippen LogP contribution in [0.5, 0.6) is 5.75 Å². The van der Waals surface area contributed by atoms with Gasteiger partial charge in [0, 0.05) is 43.6 Å². The van der Waals surface area contributed by atoms with E-state index in [-0.39, 0.29) is 18.4 Å². The molecule has 0 aliphatic carbocycles. The third-order valence-electron chi connectivity index (χ3n) is 4.56. The maximum Gasteiger partial charge on any atom is 0.336 e. The van der Waals surface area contributed by atoms with Gasteiger partial charge in [0.2, 0.25) is 5.91 Å². The predicted molar refractivity (Wildman–Crippen MR) is 101 cm³/mol. The Morgan fingerprint density at radius 3 is 2.89 bits per heavy atom. The van der Waals surface area contributed by atoms with Gasteiger partial charge in [-0.2, -0.15) is 0 Å². The Labute approximate surface area is 157 Å². The summed E-state index contributed by atoms with van der Waals surface area (Å²) < 4.78 is 10.6. The van der Waals surface area contributed by atoms with Gasteiger partial charge >= 0.3 is 5.63 Å². The number of nitrogens with zero attached hydrogens (tertiary/aromatic N) is 1. The fourth-order valence-corrected chi connectivity index (χ4v) is 3.10. The van der Waals surface area contributed by atoms with E-state index in [4.69, 9.17) is 9.15 Å². The molecule has 0 radical (unpaired) electrons. The average Bonchev–Trinajstić information content (AvgIpc) is 2.87. The van der Waals surface area contributed by atoms with Crippen LogP contribution in [0.1, 0.15) is 32.1 Å². The zero-order valence-electron chi connectivity index (χ0n) is 15.2. The highest BCUT2D eigenvalue weighted by molar-refractivity contribution is 5.79. The van der Waals surface area contributed by atoms with E-state index in [2.05, 4.69) is 5.32 Å². The number of likely N-dealkylation sites (tertiary alicyclic amines) is 1. The van der Waals surface area contributed by atoms with E-state index in [9.17, 15) is 14.4 Å². The Hall–Kier alpha value is -2.83. The minimum atomic E-state index is -0.430. The lowest BCUT2D eigenvalue weighted by atomic mass is 10.2. The van der Waals surface area contributed by atoms with Crippen LogP contribution in [-0.2, 0) is 9.59 Å². The average molecular weight is 372 g/mol. The molecule has 1 fully saturated rings. The third kappa shape index (κ3) is 5.57. The predicted octanol–water partition coefficient (Wildman–Crippen LogP) is 2.08. The smallest absolute Gasteiger partial charge is 0.336 e. The molecule has 1 aliphatic heterocycles. The molecule has 7 heteroatoms. The lowest BCUT2D eigenvalue weighted by molar-refractivity contribution is -0.130. The van der Waals surface area contributed by atoms with E-state index in [0.717, 1.165) is 37.6 Å². The van der Waals surface area contributed by atoms with Gasteiger partial charge < -0.3 is 19.4 Å². The summed E-state index contributed by atoms with van der Waals surface area (Å²) in [5.74, 6) is 0.444. The van der Waals surface area contributed by atoms with Crippen LogP contribution in [-0.4, -0.2) is 43.0 Å². The standard InChI is InChI=1S/C20H24N2O5/c23-18(21-10-4-12-22-11-3-1-2-5-19(22)24)14-26-16-8-6-15-7-9-20(25)27-17(15)13-16/h6-9,13H,1-5,10-12,14H2,(H,21,23). The second kappa shape index (κ2) is 9.21. The summed E-state index contributed by atoms with van der Waals surface area (Å²) in [7, 11) is 0. The number of carbonyl (C=O) groups excluding carboxylic acids is 2. The summed E-state index contributed by atoms with van der Waals surface area (Å²) in [6, 6.07) is 8.11. The van der Waals surface area contributed by atoms with E-state index in [1.807, 2.05) is 4.90 Å². The van der Waals surface area contributed by atoms with Gasteiger partial charge in [-0.15, -0.1) is 0 Å². The Balaban J connectivity index is 1.39. The normalized spacial score (nSPS) is 14.8. The van der Waals surface area contributed by atoms with Gasteiger partial charge in [-0.25, -0.2) is 4.79 Å². The van der Waals surface area contributed by atoms with Crippen molar-refractivity contribution in [2.45, 2.75) is 32.1 Å². The van der Waals surface area contributed by atoms with E-state index >= 15 is 0 Å². The largest absolute Gasteiger partial charge is 0.484 e. The van der Waals surface area contributed by atoms with Crippen LogP contribution in [0.3, 0.4) is 0 Å². The lowest BCUT2D eigenvalue weighted by Gasteiger charge is -2.20. The van der Waals surface area contributed by atoms with Gasteiger partial charge in [-0.3, -0.25) is 9.59 Å².